The molecule has 0 aliphatic carbocycles. The fraction of sp³-hybridized carbons (Fsp3) is 0.233. The van der Waals surface area contributed by atoms with E-state index in [1.165, 1.54) is 11.8 Å². The van der Waals surface area contributed by atoms with Gasteiger partial charge in [-0.25, -0.2) is 18.5 Å². The summed E-state index contributed by atoms with van der Waals surface area (Å²) in [6.45, 7) is 4.18. The normalized spacial score (nSPS) is 19.3. The molecule has 4 amide bonds. The summed E-state index contributed by atoms with van der Waals surface area (Å²) < 4.78 is 30.3. The van der Waals surface area contributed by atoms with Gasteiger partial charge in [-0.05, 0) is 43.7 Å². The molecule has 2 aliphatic rings. The minimum atomic E-state index is -1.44. The molecule has 0 bridgehead atoms. The molecule has 192 valence electrons. The fourth-order valence-corrected chi connectivity index (χ4v) is 5.02. The Labute approximate surface area is 219 Å². The van der Waals surface area contributed by atoms with Gasteiger partial charge < -0.3 is 9.80 Å². The number of hydrogen-bond acceptors (Lipinski definition) is 3. The lowest BCUT2D eigenvalue weighted by atomic mass is 9.88. The first-order valence-corrected chi connectivity index (χ1v) is 12.2. The van der Waals surface area contributed by atoms with Crippen LogP contribution >= 0.6 is 0 Å². The minimum absolute atomic E-state index is 0.0642. The largest absolute Gasteiger partial charge is 0.335 e. The fourth-order valence-electron chi connectivity index (χ4n) is 5.02. The van der Waals surface area contributed by atoms with Gasteiger partial charge in [0.05, 0.1) is 6.42 Å². The molecule has 2 aliphatic heterocycles. The quantitative estimate of drug-likeness (QED) is 0.480. The van der Waals surface area contributed by atoms with Crippen LogP contribution in [0.3, 0.4) is 0 Å². The molecule has 6 nitrogen and oxygen atoms in total. The van der Waals surface area contributed by atoms with Crippen molar-refractivity contribution >= 4 is 23.5 Å². The number of anilines is 1. The van der Waals surface area contributed by atoms with E-state index >= 15 is 8.78 Å². The molecule has 8 heteroatoms. The van der Waals surface area contributed by atoms with Crippen LogP contribution in [-0.2, 0) is 16.1 Å². The summed E-state index contributed by atoms with van der Waals surface area (Å²) in [7, 11) is 0. The number of benzene rings is 3. The summed E-state index contributed by atoms with van der Waals surface area (Å²) >= 11 is 0. The number of fused-ring (bicyclic) bond motifs is 1. The van der Waals surface area contributed by atoms with E-state index in [1.807, 2.05) is 37.3 Å². The number of halogens is 2. The van der Waals surface area contributed by atoms with E-state index in [2.05, 4.69) is 11.8 Å². The summed E-state index contributed by atoms with van der Waals surface area (Å²) in [6.07, 6.45) is -0.393. The zero-order chi connectivity index (χ0) is 27.0. The second-order valence-electron chi connectivity index (χ2n) is 9.73. The highest BCUT2D eigenvalue weighted by Crippen LogP contribution is 2.37. The number of piperazine rings is 1. The molecule has 2 fully saturated rings. The molecule has 3 aromatic rings. The number of rotatable bonds is 3. The lowest BCUT2D eigenvalue weighted by Crippen LogP contribution is -2.72. The van der Waals surface area contributed by atoms with Crippen molar-refractivity contribution in [1.29, 1.82) is 0 Å². The first-order chi connectivity index (χ1) is 18.2. The van der Waals surface area contributed by atoms with Crippen LogP contribution in [0, 0.1) is 30.4 Å². The van der Waals surface area contributed by atoms with Crippen molar-refractivity contribution in [3.05, 3.63) is 101 Å². The standard InChI is InChI=1S/C30H25F2N3O3/c1-20-7-6-10-23(15-20)19-33-13-14-34-29(38)35(26(36)18-30(34,2)28(33)37)27-24(31)16-22(17-25(27)32)12-11-21-8-4-3-5-9-21/h3-10,15-17H,13-14,18-19H2,1-2H3/t30-/m1/s1. The van der Waals surface area contributed by atoms with Gasteiger partial charge in [-0.3, -0.25) is 9.59 Å². The van der Waals surface area contributed by atoms with Crippen molar-refractivity contribution in [2.24, 2.45) is 0 Å². The average molecular weight is 514 g/mol. The monoisotopic (exact) mass is 513 g/mol. The highest BCUT2D eigenvalue weighted by Gasteiger charge is 2.55. The van der Waals surface area contributed by atoms with E-state index in [1.54, 1.807) is 29.2 Å². The number of carbonyl (C=O) groups excluding carboxylic acids is 3. The van der Waals surface area contributed by atoms with E-state index in [0.29, 0.717) is 17.0 Å². The van der Waals surface area contributed by atoms with Gasteiger partial charge >= 0.3 is 6.03 Å². The lowest BCUT2D eigenvalue weighted by Gasteiger charge is -2.51. The number of urea groups is 1. The predicted octanol–water partition coefficient (Wildman–Crippen LogP) is 4.63. The maximum absolute atomic E-state index is 15.2. The SMILES string of the molecule is Cc1cccc(CN2CCN3C(=O)N(c4c(F)cc(C#Cc5ccccc5)cc4F)C(=O)C[C@]3(C)C2=O)c1. The number of imide groups is 1. The second kappa shape index (κ2) is 9.75. The molecule has 3 aromatic carbocycles. The lowest BCUT2D eigenvalue weighted by molar-refractivity contribution is -0.152. The molecule has 0 N–H and O–H groups in total. The molecule has 0 spiro atoms. The molecule has 2 saturated heterocycles. The van der Waals surface area contributed by atoms with E-state index in [0.717, 1.165) is 23.3 Å². The molecule has 0 unspecified atom stereocenters. The maximum Gasteiger partial charge on any atom is 0.332 e. The van der Waals surface area contributed by atoms with E-state index in [4.69, 9.17) is 0 Å². The number of hydrogen-bond donors (Lipinski definition) is 0. The summed E-state index contributed by atoms with van der Waals surface area (Å²) in [5.74, 6) is 2.13. The Morgan fingerprint density at radius 1 is 0.868 bits per heavy atom. The molecule has 5 rings (SSSR count). The third-order valence-electron chi connectivity index (χ3n) is 6.93. The van der Waals surface area contributed by atoms with Crippen molar-refractivity contribution in [3.63, 3.8) is 0 Å². The summed E-state index contributed by atoms with van der Waals surface area (Å²) in [5.41, 5.74) is 0.519. The zero-order valence-corrected chi connectivity index (χ0v) is 21.0. The molecular formula is C30H25F2N3O3. The van der Waals surface area contributed by atoms with Crippen LogP contribution < -0.4 is 4.90 Å². The van der Waals surface area contributed by atoms with Gasteiger partial charge in [-0.1, -0.05) is 59.9 Å². The molecule has 0 saturated carbocycles. The van der Waals surface area contributed by atoms with Gasteiger partial charge in [0.2, 0.25) is 11.8 Å². The Morgan fingerprint density at radius 2 is 1.55 bits per heavy atom. The van der Waals surface area contributed by atoms with E-state index in [9.17, 15) is 14.4 Å². The molecule has 2 heterocycles. The van der Waals surface area contributed by atoms with Crippen LogP contribution in [0.25, 0.3) is 0 Å². The van der Waals surface area contributed by atoms with Crippen molar-refractivity contribution < 1.29 is 23.2 Å². The van der Waals surface area contributed by atoms with Crippen LogP contribution in [0.5, 0.6) is 0 Å². The number of amides is 4. The van der Waals surface area contributed by atoms with Crippen molar-refractivity contribution in [2.75, 3.05) is 18.0 Å². The van der Waals surface area contributed by atoms with Crippen molar-refractivity contribution in [3.8, 4) is 11.8 Å². The molecule has 38 heavy (non-hydrogen) atoms. The summed E-state index contributed by atoms with van der Waals surface area (Å²) in [6, 6.07) is 17.7. The van der Waals surface area contributed by atoms with Gasteiger partial charge in [0.25, 0.3) is 0 Å². The molecule has 1 atom stereocenters. The van der Waals surface area contributed by atoms with Crippen molar-refractivity contribution in [2.45, 2.75) is 32.4 Å². The van der Waals surface area contributed by atoms with Gasteiger partial charge in [0.1, 0.15) is 11.2 Å². The first-order valence-electron chi connectivity index (χ1n) is 12.2. The average Bonchev–Trinajstić information content (AvgIpc) is 2.87. The van der Waals surface area contributed by atoms with Crippen LogP contribution in [0.2, 0.25) is 0 Å². The highest BCUT2D eigenvalue weighted by molar-refractivity contribution is 6.19. The van der Waals surface area contributed by atoms with Gasteiger partial charge in [-0.15, -0.1) is 0 Å². The van der Waals surface area contributed by atoms with Crippen LogP contribution in [0.1, 0.15) is 35.6 Å². The first kappa shape index (κ1) is 25.2. The zero-order valence-electron chi connectivity index (χ0n) is 21.0. The van der Waals surface area contributed by atoms with Gasteiger partial charge in [0, 0.05) is 30.8 Å². The minimum Gasteiger partial charge on any atom is -0.335 e. The van der Waals surface area contributed by atoms with Crippen LogP contribution in [-0.4, -0.2) is 46.3 Å². The predicted molar refractivity (Wildman–Crippen MR) is 138 cm³/mol. The smallest absolute Gasteiger partial charge is 0.332 e. The Bertz CT molecular complexity index is 1490. The molecule has 0 radical (unpaired) electrons. The van der Waals surface area contributed by atoms with Gasteiger partial charge in [-0.2, -0.15) is 0 Å². The third-order valence-corrected chi connectivity index (χ3v) is 6.93. The number of carbonyl (C=O) groups is 3. The Kier molecular flexibility index (Phi) is 6.45. The molecule has 0 aromatic heterocycles. The topological polar surface area (TPSA) is 60.9 Å². The van der Waals surface area contributed by atoms with E-state index in [-0.39, 0.29) is 24.6 Å². The number of nitrogens with zero attached hydrogens (tertiary/aromatic N) is 3. The highest BCUT2D eigenvalue weighted by atomic mass is 19.1. The Morgan fingerprint density at radius 3 is 2.24 bits per heavy atom. The number of aryl methyl sites for hydroxylation is 1. The molecular weight excluding hydrogens is 488 g/mol. The van der Waals surface area contributed by atoms with Gasteiger partial charge in [0.15, 0.2) is 11.6 Å². The Hall–Kier alpha value is -4.51. The summed E-state index contributed by atoms with van der Waals surface area (Å²) in [4.78, 5) is 43.4. The Balaban J connectivity index is 1.40. The summed E-state index contributed by atoms with van der Waals surface area (Å²) in [5, 5.41) is 0. The van der Waals surface area contributed by atoms with Crippen LogP contribution in [0.4, 0.5) is 19.3 Å². The van der Waals surface area contributed by atoms with Crippen molar-refractivity contribution in [1.82, 2.24) is 9.80 Å². The van der Waals surface area contributed by atoms with Crippen LogP contribution in [0.15, 0.2) is 66.7 Å². The third kappa shape index (κ3) is 4.52. The second-order valence-corrected chi connectivity index (χ2v) is 9.73. The van der Waals surface area contributed by atoms with E-state index < -0.39 is 41.2 Å². The maximum atomic E-state index is 15.2.